The first kappa shape index (κ1) is 20.9. The van der Waals surface area contributed by atoms with Gasteiger partial charge in [0.15, 0.2) is 6.10 Å². The number of aryl methyl sites for hydroxylation is 1. The van der Waals surface area contributed by atoms with Crippen LogP contribution in [0.25, 0.3) is 0 Å². The van der Waals surface area contributed by atoms with Crippen molar-refractivity contribution in [1.82, 2.24) is 0 Å². The fourth-order valence-corrected chi connectivity index (χ4v) is 5.09. The summed E-state index contributed by atoms with van der Waals surface area (Å²) in [7, 11) is -3.72. The van der Waals surface area contributed by atoms with Gasteiger partial charge in [-0.2, -0.15) is 0 Å². The summed E-state index contributed by atoms with van der Waals surface area (Å²) in [6.45, 7) is 1.97. The molecular weight excluding hydrogens is 412 g/mol. The van der Waals surface area contributed by atoms with Crippen molar-refractivity contribution >= 4 is 27.3 Å². The second-order valence-electron chi connectivity index (χ2n) is 7.39. The van der Waals surface area contributed by atoms with Gasteiger partial charge in [0.2, 0.25) is 10.0 Å². The van der Waals surface area contributed by atoms with Gasteiger partial charge < -0.3 is 10.1 Å². The molecule has 0 spiro atoms. The molecule has 0 unspecified atom stereocenters. The Labute approximate surface area is 182 Å². The Morgan fingerprint density at radius 1 is 0.968 bits per heavy atom. The molecule has 6 nitrogen and oxygen atoms in total. The van der Waals surface area contributed by atoms with Crippen molar-refractivity contribution in [3.8, 4) is 5.75 Å². The van der Waals surface area contributed by atoms with Crippen molar-refractivity contribution in [2.45, 2.75) is 25.2 Å². The Bertz CT molecular complexity index is 1160. The number of anilines is 2. The minimum Gasteiger partial charge on any atom is -0.476 e. The lowest BCUT2D eigenvalue weighted by Gasteiger charge is -2.34. The van der Waals surface area contributed by atoms with Crippen LogP contribution in [0.1, 0.15) is 18.1 Å². The molecule has 160 valence electrons. The molecule has 1 N–H and O–H groups in total. The SMILES string of the molecule is CCc1ccc(NC(=O)[C@H]2CN(S(=O)(=O)Cc3ccccc3)c3ccccc3O2)cc1. The number of carbonyl (C=O) groups is 1. The van der Waals surface area contributed by atoms with Crippen LogP contribution < -0.4 is 14.4 Å². The molecule has 0 saturated carbocycles. The minimum absolute atomic E-state index is 0.0922. The van der Waals surface area contributed by atoms with E-state index in [1.165, 1.54) is 9.87 Å². The Hall–Kier alpha value is -3.32. The van der Waals surface area contributed by atoms with Crippen LogP contribution in [-0.2, 0) is 27.0 Å². The highest BCUT2D eigenvalue weighted by Crippen LogP contribution is 2.36. The number of hydrogen-bond acceptors (Lipinski definition) is 4. The average molecular weight is 437 g/mol. The Morgan fingerprint density at radius 2 is 1.65 bits per heavy atom. The van der Waals surface area contributed by atoms with E-state index in [0.717, 1.165) is 6.42 Å². The smallest absolute Gasteiger partial charge is 0.267 e. The van der Waals surface area contributed by atoms with E-state index in [1.807, 2.05) is 30.3 Å². The molecule has 0 aliphatic carbocycles. The van der Waals surface area contributed by atoms with E-state index in [9.17, 15) is 13.2 Å². The molecule has 1 aliphatic rings. The molecule has 1 amide bonds. The van der Waals surface area contributed by atoms with Crippen LogP contribution in [-0.4, -0.2) is 27.0 Å². The van der Waals surface area contributed by atoms with Crippen molar-refractivity contribution in [1.29, 1.82) is 0 Å². The van der Waals surface area contributed by atoms with Crippen molar-refractivity contribution in [3.63, 3.8) is 0 Å². The van der Waals surface area contributed by atoms with E-state index in [2.05, 4.69) is 12.2 Å². The fraction of sp³-hybridized carbons (Fsp3) is 0.208. The Balaban J connectivity index is 1.58. The van der Waals surface area contributed by atoms with Gasteiger partial charge in [0.05, 0.1) is 18.0 Å². The lowest BCUT2D eigenvalue weighted by molar-refractivity contribution is -0.122. The Kier molecular flexibility index (Phi) is 5.95. The largest absolute Gasteiger partial charge is 0.476 e. The van der Waals surface area contributed by atoms with E-state index < -0.39 is 22.0 Å². The van der Waals surface area contributed by atoms with Crippen LogP contribution in [0.15, 0.2) is 78.9 Å². The number of carbonyl (C=O) groups excluding carboxylic acids is 1. The monoisotopic (exact) mass is 436 g/mol. The van der Waals surface area contributed by atoms with E-state index in [1.54, 1.807) is 48.5 Å². The second-order valence-corrected chi connectivity index (χ2v) is 9.28. The summed E-state index contributed by atoms with van der Waals surface area (Å²) in [6, 6.07) is 23.4. The topological polar surface area (TPSA) is 75.7 Å². The molecule has 0 bridgehead atoms. The van der Waals surface area contributed by atoms with Gasteiger partial charge in [-0.1, -0.05) is 61.5 Å². The van der Waals surface area contributed by atoms with Gasteiger partial charge >= 0.3 is 0 Å². The summed E-state index contributed by atoms with van der Waals surface area (Å²) in [6.07, 6.45) is -0.0587. The normalized spacial score (nSPS) is 15.6. The number of ether oxygens (including phenoxy) is 1. The van der Waals surface area contributed by atoms with Crippen molar-refractivity contribution < 1.29 is 17.9 Å². The summed E-state index contributed by atoms with van der Waals surface area (Å²) in [5, 5.41) is 2.83. The van der Waals surface area contributed by atoms with E-state index in [-0.39, 0.29) is 12.3 Å². The van der Waals surface area contributed by atoms with Crippen LogP contribution in [0, 0.1) is 0 Å². The van der Waals surface area contributed by atoms with E-state index in [0.29, 0.717) is 22.7 Å². The number of benzene rings is 3. The first-order valence-electron chi connectivity index (χ1n) is 10.2. The molecule has 0 aromatic heterocycles. The molecular formula is C24H24N2O4S. The van der Waals surface area contributed by atoms with E-state index >= 15 is 0 Å². The third kappa shape index (κ3) is 4.72. The molecule has 31 heavy (non-hydrogen) atoms. The third-order valence-corrected chi connectivity index (χ3v) is 6.90. The molecule has 4 rings (SSSR count). The average Bonchev–Trinajstić information content (AvgIpc) is 2.79. The summed E-state index contributed by atoms with van der Waals surface area (Å²) in [5.74, 6) is -0.180. The van der Waals surface area contributed by atoms with Gasteiger partial charge in [-0.3, -0.25) is 9.10 Å². The number of nitrogens with one attached hydrogen (secondary N) is 1. The van der Waals surface area contributed by atoms with Gasteiger partial charge in [-0.25, -0.2) is 8.42 Å². The number of rotatable bonds is 6. The van der Waals surface area contributed by atoms with Gasteiger partial charge in [0, 0.05) is 5.69 Å². The number of fused-ring (bicyclic) bond motifs is 1. The zero-order valence-electron chi connectivity index (χ0n) is 17.2. The first-order chi connectivity index (χ1) is 15.0. The van der Waals surface area contributed by atoms with Gasteiger partial charge in [0.1, 0.15) is 5.75 Å². The van der Waals surface area contributed by atoms with Crippen LogP contribution >= 0.6 is 0 Å². The quantitative estimate of drug-likeness (QED) is 0.634. The molecule has 7 heteroatoms. The third-order valence-electron chi connectivity index (χ3n) is 5.18. The van der Waals surface area contributed by atoms with Gasteiger partial charge in [0.25, 0.3) is 5.91 Å². The van der Waals surface area contributed by atoms with Crippen LogP contribution in [0.5, 0.6) is 5.75 Å². The van der Waals surface area contributed by atoms with Crippen molar-refractivity contribution in [2.24, 2.45) is 0 Å². The number of amides is 1. The van der Waals surface area contributed by atoms with Crippen molar-refractivity contribution in [2.75, 3.05) is 16.2 Å². The zero-order chi connectivity index (χ0) is 21.8. The van der Waals surface area contributed by atoms with Gasteiger partial charge in [-0.15, -0.1) is 0 Å². The van der Waals surface area contributed by atoms with E-state index in [4.69, 9.17) is 4.74 Å². The second kappa shape index (κ2) is 8.81. The van der Waals surface area contributed by atoms with Crippen LogP contribution in [0.4, 0.5) is 11.4 Å². The molecule has 3 aromatic carbocycles. The van der Waals surface area contributed by atoms with Crippen molar-refractivity contribution in [3.05, 3.63) is 90.0 Å². The summed E-state index contributed by atoms with van der Waals surface area (Å²) < 4.78 is 33.7. The molecule has 0 radical (unpaired) electrons. The predicted molar refractivity (Wildman–Crippen MR) is 122 cm³/mol. The number of hydrogen-bond donors (Lipinski definition) is 1. The molecule has 0 saturated heterocycles. The molecule has 1 heterocycles. The molecule has 1 atom stereocenters. The predicted octanol–water partition coefficient (Wildman–Crippen LogP) is 3.99. The lowest BCUT2D eigenvalue weighted by atomic mass is 10.1. The first-order valence-corrected chi connectivity index (χ1v) is 11.8. The maximum Gasteiger partial charge on any atom is 0.267 e. The lowest BCUT2D eigenvalue weighted by Crippen LogP contribution is -2.49. The maximum atomic E-state index is 13.3. The highest BCUT2D eigenvalue weighted by molar-refractivity contribution is 7.92. The number of sulfonamides is 1. The highest BCUT2D eigenvalue weighted by atomic mass is 32.2. The standard InChI is InChI=1S/C24H24N2O4S/c1-2-18-12-14-20(15-13-18)25-24(27)23-16-26(21-10-6-7-11-22(21)30-23)31(28,29)17-19-8-4-3-5-9-19/h3-15,23H,2,16-17H2,1H3,(H,25,27)/t23-/m1/s1. The zero-order valence-corrected chi connectivity index (χ0v) is 18.0. The molecule has 0 fully saturated rings. The van der Waals surface area contributed by atoms with Crippen LogP contribution in [0.3, 0.4) is 0 Å². The van der Waals surface area contributed by atoms with Crippen LogP contribution in [0.2, 0.25) is 0 Å². The highest BCUT2D eigenvalue weighted by Gasteiger charge is 2.36. The summed E-state index contributed by atoms with van der Waals surface area (Å²) >= 11 is 0. The summed E-state index contributed by atoms with van der Waals surface area (Å²) in [5.41, 5.74) is 2.93. The molecule has 3 aromatic rings. The number of nitrogens with zero attached hydrogens (tertiary/aromatic N) is 1. The minimum atomic E-state index is -3.72. The molecule has 1 aliphatic heterocycles. The Morgan fingerprint density at radius 3 is 2.35 bits per heavy atom. The fourth-order valence-electron chi connectivity index (χ4n) is 3.51. The number of para-hydroxylation sites is 2. The summed E-state index contributed by atoms with van der Waals surface area (Å²) in [4.78, 5) is 12.9. The van der Waals surface area contributed by atoms with Gasteiger partial charge in [-0.05, 0) is 41.8 Å². The maximum absolute atomic E-state index is 13.3.